The van der Waals surface area contributed by atoms with E-state index in [1.165, 1.54) is 7.11 Å². The fourth-order valence-corrected chi connectivity index (χ4v) is 3.88. The van der Waals surface area contributed by atoms with E-state index in [4.69, 9.17) is 9.47 Å². The summed E-state index contributed by atoms with van der Waals surface area (Å²) >= 11 is 4.31. The molecular formula is C18H22BrN3O5S. The van der Waals surface area contributed by atoms with Gasteiger partial charge in [0.1, 0.15) is 9.88 Å². The van der Waals surface area contributed by atoms with Crippen molar-refractivity contribution in [1.29, 1.82) is 0 Å². The van der Waals surface area contributed by atoms with Crippen molar-refractivity contribution < 1.29 is 23.9 Å². The maximum atomic E-state index is 12.6. The molecule has 0 fully saturated rings. The molecule has 1 amide bonds. The fourth-order valence-electron chi connectivity index (χ4n) is 2.44. The number of ether oxygens (including phenoxy) is 2. The highest BCUT2D eigenvalue weighted by molar-refractivity contribution is 9.10. The summed E-state index contributed by atoms with van der Waals surface area (Å²) in [6.07, 6.45) is 4.07. The number of thiophene rings is 1. The van der Waals surface area contributed by atoms with E-state index in [2.05, 4.69) is 26.3 Å². The van der Waals surface area contributed by atoms with E-state index in [1.807, 2.05) is 6.92 Å². The number of amides is 1. The number of methoxy groups -OCH3 is 1. The molecule has 0 saturated heterocycles. The molecule has 0 spiro atoms. The van der Waals surface area contributed by atoms with Crippen molar-refractivity contribution in [3.63, 3.8) is 0 Å². The van der Waals surface area contributed by atoms with Gasteiger partial charge < -0.3 is 14.8 Å². The normalized spacial score (nSPS) is 11.8. The van der Waals surface area contributed by atoms with Gasteiger partial charge in [-0.15, -0.1) is 11.3 Å². The summed E-state index contributed by atoms with van der Waals surface area (Å²) < 4.78 is 12.4. The lowest BCUT2D eigenvalue weighted by Crippen LogP contribution is -2.25. The molecule has 2 heterocycles. The Hall–Kier alpha value is -2.20. The van der Waals surface area contributed by atoms with E-state index in [0.29, 0.717) is 18.5 Å². The highest BCUT2D eigenvalue weighted by Gasteiger charge is 2.28. The van der Waals surface area contributed by atoms with E-state index in [-0.39, 0.29) is 28.0 Å². The minimum absolute atomic E-state index is 0.182. The number of rotatable bonds is 8. The molecule has 0 saturated carbocycles. The van der Waals surface area contributed by atoms with Gasteiger partial charge in [0.05, 0.1) is 42.4 Å². The van der Waals surface area contributed by atoms with Crippen LogP contribution in [0.2, 0.25) is 0 Å². The van der Waals surface area contributed by atoms with E-state index < -0.39 is 17.9 Å². The van der Waals surface area contributed by atoms with E-state index in [1.54, 1.807) is 30.9 Å². The van der Waals surface area contributed by atoms with Crippen LogP contribution in [0.3, 0.4) is 0 Å². The Bertz CT molecular complexity index is 877. The van der Waals surface area contributed by atoms with Gasteiger partial charge >= 0.3 is 11.9 Å². The lowest BCUT2D eigenvalue weighted by Gasteiger charge is -2.12. The van der Waals surface area contributed by atoms with Gasteiger partial charge in [0.25, 0.3) is 0 Å². The largest absolute Gasteiger partial charge is 0.465 e. The molecule has 8 nitrogen and oxygen atoms in total. The van der Waals surface area contributed by atoms with Crippen molar-refractivity contribution >= 4 is 50.1 Å². The van der Waals surface area contributed by atoms with Crippen LogP contribution >= 0.6 is 27.3 Å². The highest BCUT2D eigenvalue weighted by atomic mass is 79.9. The van der Waals surface area contributed by atoms with Gasteiger partial charge in [-0.05, 0) is 34.8 Å². The zero-order valence-electron chi connectivity index (χ0n) is 16.1. The molecule has 2 rings (SSSR count). The molecule has 0 aliphatic heterocycles. The quantitative estimate of drug-likeness (QED) is 0.589. The molecule has 0 aliphatic carbocycles. The lowest BCUT2D eigenvalue weighted by molar-refractivity contribution is -0.119. The van der Waals surface area contributed by atoms with E-state index in [0.717, 1.165) is 15.8 Å². The Morgan fingerprint density at radius 3 is 2.64 bits per heavy atom. The Morgan fingerprint density at radius 2 is 2.07 bits per heavy atom. The van der Waals surface area contributed by atoms with Crippen molar-refractivity contribution in [3.05, 3.63) is 32.9 Å². The maximum absolute atomic E-state index is 12.6. The first-order chi connectivity index (χ1) is 13.3. The van der Waals surface area contributed by atoms with Crippen LogP contribution in [-0.4, -0.2) is 41.3 Å². The molecule has 28 heavy (non-hydrogen) atoms. The number of aromatic nitrogens is 2. The summed E-state index contributed by atoms with van der Waals surface area (Å²) in [5.41, 5.74) is 0.609. The minimum Gasteiger partial charge on any atom is -0.465 e. The minimum atomic E-state index is -0.579. The summed E-state index contributed by atoms with van der Waals surface area (Å²) in [6.45, 7) is 5.87. The van der Waals surface area contributed by atoms with Gasteiger partial charge in [-0.2, -0.15) is 5.10 Å². The second-order valence-corrected chi connectivity index (χ2v) is 8.09. The van der Waals surface area contributed by atoms with Crippen LogP contribution in [0.25, 0.3) is 0 Å². The summed E-state index contributed by atoms with van der Waals surface area (Å²) in [5, 5.41) is 7.16. The third-order valence-corrected chi connectivity index (χ3v) is 5.50. The molecule has 0 aliphatic rings. The lowest BCUT2D eigenvalue weighted by atomic mass is 10.1. The van der Waals surface area contributed by atoms with Gasteiger partial charge in [0.15, 0.2) is 0 Å². The number of hydrogen-bond acceptors (Lipinski definition) is 7. The van der Waals surface area contributed by atoms with Crippen LogP contribution in [-0.2, 0) is 20.8 Å². The number of halogens is 1. The first kappa shape index (κ1) is 22.1. The molecule has 0 bridgehead atoms. The van der Waals surface area contributed by atoms with Gasteiger partial charge in [-0.25, -0.2) is 9.59 Å². The van der Waals surface area contributed by atoms with Crippen molar-refractivity contribution in [2.24, 2.45) is 5.92 Å². The summed E-state index contributed by atoms with van der Waals surface area (Å²) in [4.78, 5) is 37.4. The zero-order valence-corrected chi connectivity index (χ0v) is 18.5. The van der Waals surface area contributed by atoms with E-state index >= 15 is 0 Å². The van der Waals surface area contributed by atoms with Crippen LogP contribution in [0.5, 0.6) is 0 Å². The molecular weight excluding hydrogens is 450 g/mol. The van der Waals surface area contributed by atoms with Crippen molar-refractivity contribution in [3.8, 4) is 0 Å². The molecule has 2 aromatic rings. The Balaban J connectivity index is 2.25. The summed E-state index contributed by atoms with van der Waals surface area (Å²) in [7, 11) is 1.26. The second-order valence-electron chi connectivity index (χ2n) is 6.16. The van der Waals surface area contributed by atoms with Crippen LogP contribution in [0.15, 0.2) is 16.9 Å². The van der Waals surface area contributed by atoms with Crippen molar-refractivity contribution in [2.75, 3.05) is 19.0 Å². The monoisotopic (exact) mass is 471 g/mol. The highest BCUT2D eigenvalue weighted by Crippen LogP contribution is 2.34. The molecule has 0 aromatic carbocycles. The topological polar surface area (TPSA) is 99.5 Å². The van der Waals surface area contributed by atoms with Crippen molar-refractivity contribution in [1.82, 2.24) is 9.78 Å². The molecule has 2 aromatic heterocycles. The number of carbonyl (C=O) groups excluding carboxylic acids is 3. The Morgan fingerprint density at radius 1 is 1.36 bits per heavy atom. The van der Waals surface area contributed by atoms with E-state index in [9.17, 15) is 14.4 Å². The summed E-state index contributed by atoms with van der Waals surface area (Å²) in [6, 6.07) is 0. The van der Waals surface area contributed by atoms with Gasteiger partial charge in [0, 0.05) is 6.20 Å². The fraction of sp³-hybridized carbons (Fsp3) is 0.444. The molecule has 10 heteroatoms. The third-order valence-electron chi connectivity index (χ3n) is 3.91. The Kier molecular flexibility index (Phi) is 7.76. The van der Waals surface area contributed by atoms with Crippen LogP contribution in [0.1, 0.15) is 45.9 Å². The number of esters is 2. The van der Waals surface area contributed by atoms with Crippen LogP contribution < -0.4 is 5.32 Å². The molecule has 0 radical (unpaired) electrons. The number of hydrogen-bond donors (Lipinski definition) is 1. The average molecular weight is 472 g/mol. The maximum Gasteiger partial charge on any atom is 0.348 e. The van der Waals surface area contributed by atoms with Crippen LogP contribution in [0.4, 0.5) is 5.00 Å². The van der Waals surface area contributed by atoms with Gasteiger partial charge in [-0.3, -0.25) is 9.48 Å². The number of nitrogens with zero attached hydrogens (tertiary/aromatic N) is 2. The predicted octanol–water partition coefficient (Wildman–Crippen LogP) is 3.64. The summed E-state index contributed by atoms with van der Waals surface area (Å²) in [5.74, 6) is -1.86. The van der Waals surface area contributed by atoms with Crippen molar-refractivity contribution in [2.45, 2.75) is 33.7 Å². The average Bonchev–Trinajstić information content (AvgIpc) is 3.21. The number of anilines is 1. The zero-order chi connectivity index (χ0) is 20.8. The second kappa shape index (κ2) is 9.83. The number of nitrogens with one attached hydrogen (secondary N) is 1. The van der Waals surface area contributed by atoms with Crippen LogP contribution in [0, 0.1) is 12.8 Å². The SMILES string of the molecule is CCCOC(=O)c1c(NC(=O)C(C)Cn2cc(Br)cn2)sc(C(=O)OC)c1C. The first-order valence-corrected chi connectivity index (χ1v) is 10.3. The molecule has 1 atom stereocenters. The first-order valence-electron chi connectivity index (χ1n) is 8.66. The predicted molar refractivity (Wildman–Crippen MR) is 109 cm³/mol. The number of carbonyl (C=O) groups is 3. The third kappa shape index (κ3) is 5.20. The smallest absolute Gasteiger partial charge is 0.348 e. The Labute approximate surface area is 175 Å². The van der Waals surface area contributed by atoms with Gasteiger partial charge in [-0.1, -0.05) is 13.8 Å². The molecule has 152 valence electrons. The standard InChI is InChI=1S/C18H22BrN3O5S/c1-5-6-27-17(24)13-11(3)14(18(25)26-4)28-16(13)21-15(23)10(2)8-22-9-12(19)7-20-22/h7,9-10H,5-6,8H2,1-4H3,(H,21,23). The molecule has 1 unspecified atom stereocenters. The molecule has 1 N–H and O–H groups in total. The van der Waals surface area contributed by atoms with Gasteiger partial charge in [0.2, 0.25) is 5.91 Å².